The van der Waals surface area contributed by atoms with Crippen molar-refractivity contribution in [2.75, 3.05) is 31.0 Å². The van der Waals surface area contributed by atoms with Gasteiger partial charge in [0.05, 0.1) is 23.8 Å². The molecule has 2 aromatic carbocycles. The Bertz CT molecular complexity index is 977. The van der Waals surface area contributed by atoms with Crippen molar-refractivity contribution < 1.29 is 31.5 Å². The van der Waals surface area contributed by atoms with Gasteiger partial charge in [-0.3, -0.25) is 9.52 Å². The smallest absolute Gasteiger partial charge is 0.263 e. The maximum absolute atomic E-state index is 13.7. The third kappa shape index (κ3) is 5.21. The van der Waals surface area contributed by atoms with Gasteiger partial charge in [-0.2, -0.15) is 0 Å². The molecule has 1 atom stereocenters. The molecular weight excluding hydrogens is 406 g/mol. The molecule has 0 unspecified atom stereocenters. The number of hydrogen-bond donors (Lipinski definition) is 1. The summed E-state index contributed by atoms with van der Waals surface area (Å²) in [6.07, 6.45) is -0.748. The molecule has 1 N–H and O–H groups in total. The minimum Gasteiger partial charge on any atom is -0.481 e. The van der Waals surface area contributed by atoms with Crippen molar-refractivity contribution in [3.8, 4) is 5.75 Å². The van der Waals surface area contributed by atoms with Gasteiger partial charge >= 0.3 is 0 Å². The number of hydrogen-bond acceptors (Lipinski definition) is 5. The van der Waals surface area contributed by atoms with Crippen molar-refractivity contribution >= 4 is 21.6 Å². The topological polar surface area (TPSA) is 84.9 Å². The largest absolute Gasteiger partial charge is 0.481 e. The molecule has 0 bridgehead atoms. The first-order chi connectivity index (χ1) is 13.8. The van der Waals surface area contributed by atoms with Crippen LogP contribution in [-0.2, 0) is 19.6 Å². The maximum Gasteiger partial charge on any atom is 0.263 e. The Hall–Kier alpha value is -2.72. The minimum atomic E-state index is -4.08. The van der Waals surface area contributed by atoms with Gasteiger partial charge in [0.15, 0.2) is 6.10 Å². The Morgan fingerprint density at radius 2 is 1.79 bits per heavy atom. The lowest BCUT2D eigenvalue weighted by Crippen LogP contribution is -2.46. The van der Waals surface area contributed by atoms with Gasteiger partial charge in [0.1, 0.15) is 17.4 Å². The number of amides is 1. The number of carbonyl (C=O) groups excluding carboxylic acids is 1. The second kappa shape index (κ2) is 8.75. The fourth-order valence-electron chi connectivity index (χ4n) is 2.77. The second-order valence-corrected chi connectivity index (χ2v) is 8.08. The van der Waals surface area contributed by atoms with Gasteiger partial charge in [-0.05, 0) is 43.3 Å². The number of halogens is 2. The Morgan fingerprint density at radius 1 is 1.14 bits per heavy atom. The molecule has 7 nitrogen and oxygen atoms in total. The summed E-state index contributed by atoms with van der Waals surface area (Å²) in [5, 5.41) is 0. The number of carbonyl (C=O) groups is 1. The van der Waals surface area contributed by atoms with Gasteiger partial charge in [-0.25, -0.2) is 17.2 Å². The van der Waals surface area contributed by atoms with Gasteiger partial charge in [-0.15, -0.1) is 0 Å². The summed E-state index contributed by atoms with van der Waals surface area (Å²) < 4.78 is 64.3. The third-order valence-electron chi connectivity index (χ3n) is 4.29. The van der Waals surface area contributed by atoms with Gasteiger partial charge < -0.3 is 14.4 Å². The monoisotopic (exact) mass is 426 g/mol. The van der Waals surface area contributed by atoms with Crippen LogP contribution in [0.2, 0.25) is 0 Å². The van der Waals surface area contributed by atoms with Gasteiger partial charge in [0, 0.05) is 19.2 Å². The Balaban J connectivity index is 1.66. The predicted molar refractivity (Wildman–Crippen MR) is 101 cm³/mol. The fourth-order valence-corrected chi connectivity index (χ4v) is 3.84. The standard InChI is InChI=1S/C19H20F2N2O5S/c1-13(19(24)23-8-10-27-11-9-23)28-15-3-5-16(6-4-15)29(25,26)22-18-7-2-14(20)12-17(18)21/h2-7,12-13,22H,8-11H2,1H3/t13-/m1/s1. The van der Waals surface area contributed by atoms with Crippen LogP contribution in [0.15, 0.2) is 47.4 Å². The van der Waals surface area contributed by atoms with E-state index in [-0.39, 0.29) is 16.5 Å². The molecule has 1 aliphatic heterocycles. The molecule has 0 spiro atoms. The zero-order chi connectivity index (χ0) is 21.0. The van der Waals surface area contributed by atoms with Gasteiger partial charge in [0.2, 0.25) is 0 Å². The van der Waals surface area contributed by atoms with Crippen molar-refractivity contribution in [3.05, 3.63) is 54.1 Å². The molecule has 29 heavy (non-hydrogen) atoms. The molecular formula is C19H20F2N2O5S. The highest BCUT2D eigenvalue weighted by atomic mass is 32.2. The molecule has 1 amide bonds. The molecule has 156 valence electrons. The van der Waals surface area contributed by atoms with E-state index in [0.717, 1.165) is 12.1 Å². The van der Waals surface area contributed by atoms with Crippen LogP contribution in [0.1, 0.15) is 6.92 Å². The number of rotatable bonds is 6. The molecule has 0 aliphatic carbocycles. The van der Waals surface area contributed by atoms with E-state index in [9.17, 15) is 22.0 Å². The van der Waals surface area contributed by atoms with E-state index in [1.54, 1.807) is 11.8 Å². The molecule has 1 saturated heterocycles. The van der Waals surface area contributed by atoms with Crippen molar-refractivity contribution in [2.45, 2.75) is 17.9 Å². The van der Waals surface area contributed by atoms with E-state index in [4.69, 9.17) is 9.47 Å². The molecule has 10 heteroatoms. The summed E-state index contributed by atoms with van der Waals surface area (Å²) in [7, 11) is -4.08. The third-order valence-corrected chi connectivity index (χ3v) is 5.67. The average Bonchev–Trinajstić information content (AvgIpc) is 2.70. The van der Waals surface area contributed by atoms with Crippen LogP contribution in [-0.4, -0.2) is 51.6 Å². The summed E-state index contributed by atoms with van der Waals surface area (Å²) in [6.45, 7) is 3.56. The van der Waals surface area contributed by atoms with Crippen LogP contribution in [0.4, 0.5) is 14.5 Å². The second-order valence-electron chi connectivity index (χ2n) is 6.40. The highest BCUT2D eigenvalue weighted by Gasteiger charge is 2.24. The van der Waals surface area contributed by atoms with E-state index in [1.807, 2.05) is 0 Å². The molecule has 0 radical (unpaired) electrons. The number of anilines is 1. The van der Waals surface area contributed by atoms with Crippen molar-refractivity contribution in [3.63, 3.8) is 0 Å². The lowest BCUT2D eigenvalue weighted by atomic mass is 10.3. The van der Waals surface area contributed by atoms with E-state index in [2.05, 4.69) is 4.72 Å². The normalized spacial score (nSPS) is 15.6. The Morgan fingerprint density at radius 3 is 2.41 bits per heavy atom. The van der Waals surface area contributed by atoms with Crippen LogP contribution in [0.25, 0.3) is 0 Å². The fraction of sp³-hybridized carbons (Fsp3) is 0.316. The summed E-state index contributed by atoms with van der Waals surface area (Å²) in [6, 6.07) is 7.87. The Kier molecular flexibility index (Phi) is 6.33. The van der Waals surface area contributed by atoms with Crippen molar-refractivity contribution in [1.82, 2.24) is 4.90 Å². The summed E-state index contributed by atoms with van der Waals surface area (Å²) in [5.41, 5.74) is -0.364. The summed E-state index contributed by atoms with van der Waals surface area (Å²) >= 11 is 0. The first-order valence-electron chi connectivity index (χ1n) is 8.87. The molecule has 3 rings (SSSR count). The lowest BCUT2D eigenvalue weighted by molar-refractivity contribution is -0.142. The number of nitrogens with one attached hydrogen (secondary N) is 1. The highest BCUT2D eigenvalue weighted by molar-refractivity contribution is 7.92. The van der Waals surface area contributed by atoms with Crippen LogP contribution < -0.4 is 9.46 Å². The molecule has 0 aromatic heterocycles. The summed E-state index contributed by atoms with van der Waals surface area (Å²) in [4.78, 5) is 13.9. The SMILES string of the molecule is C[C@@H](Oc1ccc(S(=O)(=O)Nc2ccc(F)cc2F)cc1)C(=O)N1CCOCC1. The van der Waals surface area contributed by atoms with Crippen molar-refractivity contribution in [2.24, 2.45) is 0 Å². The molecule has 1 aliphatic rings. The van der Waals surface area contributed by atoms with Crippen molar-refractivity contribution in [1.29, 1.82) is 0 Å². The maximum atomic E-state index is 13.7. The van der Waals surface area contributed by atoms with E-state index in [0.29, 0.717) is 38.1 Å². The van der Waals surface area contributed by atoms with E-state index in [1.165, 1.54) is 24.3 Å². The van der Waals surface area contributed by atoms with E-state index >= 15 is 0 Å². The number of ether oxygens (including phenoxy) is 2. The van der Waals surface area contributed by atoms with Gasteiger partial charge in [-0.1, -0.05) is 0 Å². The average molecular weight is 426 g/mol. The molecule has 1 heterocycles. The first kappa shape index (κ1) is 21.0. The lowest BCUT2D eigenvalue weighted by Gasteiger charge is -2.29. The number of sulfonamides is 1. The predicted octanol–water partition coefficient (Wildman–Crippen LogP) is 2.39. The van der Waals surface area contributed by atoms with E-state index < -0.39 is 27.8 Å². The molecule has 1 fully saturated rings. The highest BCUT2D eigenvalue weighted by Crippen LogP contribution is 2.22. The molecule has 2 aromatic rings. The minimum absolute atomic E-state index is 0.138. The zero-order valence-electron chi connectivity index (χ0n) is 15.6. The van der Waals surface area contributed by atoms with Crippen LogP contribution in [0, 0.1) is 11.6 Å². The zero-order valence-corrected chi connectivity index (χ0v) is 16.4. The number of morpholine rings is 1. The van der Waals surface area contributed by atoms with Crippen LogP contribution in [0.5, 0.6) is 5.75 Å². The van der Waals surface area contributed by atoms with Gasteiger partial charge in [0.25, 0.3) is 15.9 Å². The summed E-state index contributed by atoms with van der Waals surface area (Å²) in [5.74, 6) is -1.71. The first-order valence-corrected chi connectivity index (χ1v) is 10.4. The number of nitrogens with zero attached hydrogens (tertiary/aromatic N) is 1. The van der Waals surface area contributed by atoms with Crippen LogP contribution >= 0.6 is 0 Å². The van der Waals surface area contributed by atoms with Crippen LogP contribution in [0.3, 0.4) is 0 Å². The quantitative estimate of drug-likeness (QED) is 0.767. The number of benzene rings is 2. The molecule has 0 saturated carbocycles. The Labute approximate surface area is 167 Å².